The van der Waals surface area contributed by atoms with Crippen molar-refractivity contribution in [1.82, 2.24) is 0 Å². The summed E-state index contributed by atoms with van der Waals surface area (Å²) in [4.78, 5) is 24.9. The van der Waals surface area contributed by atoms with Gasteiger partial charge in [0, 0.05) is 10.6 Å². The first kappa shape index (κ1) is 54.3. The molecule has 0 saturated heterocycles. The minimum atomic E-state index is -3.96. The molecule has 0 amide bonds. The molecule has 0 bridgehead atoms. The summed E-state index contributed by atoms with van der Waals surface area (Å²) in [5.74, 6) is 0.646. The van der Waals surface area contributed by atoms with Crippen LogP contribution in [0.15, 0.2) is 48.5 Å². The largest absolute Gasteiger partial charge is 2.00 e. The van der Waals surface area contributed by atoms with Gasteiger partial charge in [0.05, 0.1) is 13.2 Å². The van der Waals surface area contributed by atoms with Gasteiger partial charge in [-0.3, -0.25) is 0 Å². The van der Waals surface area contributed by atoms with Crippen molar-refractivity contribution in [2.75, 3.05) is 13.2 Å². The minimum Gasteiger partial charge on any atom is -0.775 e. The van der Waals surface area contributed by atoms with Crippen LogP contribution in [0.2, 0.25) is 0 Å². The second-order valence-electron chi connectivity index (χ2n) is 15.5. The second-order valence-corrected chi connectivity index (χ2v) is 19.0. The van der Waals surface area contributed by atoms with Gasteiger partial charge in [0.2, 0.25) is 0 Å². The SMILES string of the molecule is CCCCCCCCCc1ccc(P(=O)([O-])OCC(CC)CCCC)cc1.CCCCCCCCCc1ccc(P(=O)([O-])OCC(CC)CCCC)cc1.[Cr+2]. The molecule has 0 aromatic heterocycles. The first-order valence-electron chi connectivity index (χ1n) is 22.2. The molecule has 2 aromatic carbocycles. The molecule has 0 spiro atoms. The molecule has 0 aliphatic carbocycles. The zero-order valence-corrected chi connectivity index (χ0v) is 39.0. The Morgan fingerprint density at radius 3 is 1.04 bits per heavy atom. The van der Waals surface area contributed by atoms with Crippen LogP contribution in [0.4, 0.5) is 0 Å². The van der Waals surface area contributed by atoms with E-state index in [1.165, 1.54) is 101 Å². The third kappa shape index (κ3) is 26.1. The summed E-state index contributed by atoms with van der Waals surface area (Å²) < 4.78 is 35.6. The number of benzene rings is 2. The van der Waals surface area contributed by atoms with E-state index in [4.69, 9.17) is 9.05 Å². The van der Waals surface area contributed by atoms with Crippen molar-refractivity contribution in [3.63, 3.8) is 0 Å². The summed E-state index contributed by atoms with van der Waals surface area (Å²) in [6, 6.07) is 14.6. The Morgan fingerprint density at radius 1 is 0.455 bits per heavy atom. The second kappa shape index (κ2) is 34.2. The summed E-state index contributed by atoms with van der Waals surface area (Å²) in [6.07, 6.45) is 28.6. The summed E-state index contributed by atoms with van der Waals surface area (Å²) >= 11 is 0. The van der Waals surface area contributed by atoms with Gasteiger partial charge in [-0.1, -0.05) is 206 Å². The molecule has 0 heterocycles. The van der Waals surface area contributed by atoms with Gasteiger partial charge >= 0.3 is 17.4 Å². The molecular formula is C46H80CrO6P2. The Kier molecular flexibility index (Phi) is 33.7. The van der Waals surface area contributed by atoms with Crippen LogP contribution < -0.4 is 20.4 Å². The van der Waals surface area contributed by atoms with Gasteiger partial charge in [-0.15, -0.1) is 0 Å². The van der Waals surface area contributed by atoms with Crippen LogP contribution in [-0.2, 0) is 48.4 Å². The molecule has 0 radical (unpaired) electrons. The first-order chi connectivity index (χ1) is 26.1. The standard InChI is InChI=1S/2C23H41O3P.Cr/c2*1-4-7-9-10-11-12-13-15-22-16-18-23(19-17-22)27(24,25)26-20-21(6-3)14-8-5-2;/h2*16-19,21H,4-15,20H2,1-3H3,(H,24,25);/q;;+2/p-2. The summed E-state index contributed by atoms with van der Waals surface area (Å²) in [5, 5.41) is 0.604. The molecule has 0 fully saturated rings. The predicted molar refractivity (Wildman–Crippen MR) is 229 cm³/mol. The van der Waals surface area contributed by atoms with E-state index in [0.29, 0.717) is 35.7 Å². The van der Waals surface area contributed by atoms with Crippen LogP contribution in [0.3, 0.4) is 0 Å². The Hall–Kier alpha value is -0.728. The van der Waals surface area contributed by atoms with E-state index in [-0.39, 0.29) is 17.4 Å². The molecule has 6 nitrogen and oxygen atoms in total. The monoisotopic (exact) mass is 842 g/mol. The molecule has 4 atom stereocenters. The normalized spacial score (nSPS) is 14.5. The van der Waals surface area contributed by atoms with Crippen LogP contribution in [-0.4, -0.2) is 13.2 Å². The number of aryl methyl sites for hydroxylation is 2. The molecule has 0 aliphatic rings. The van der Waals surface area contributed by atoms with Gasteiger partial charge in [0.15, 0.2) is 15.2 Å². The Labute approximate surface area is 350 Å². The summed E-state index contributed by atoms with van der Waals surface area (Å²) in [7, 11) is -7.92. The van der Waals surface area contributed by atoms with E-state index in [1.807, 2.05) is 24.3 Å². The molecular weight excluding hydrogens is 762 g/mol. The van der Waals surface area contributed by atoms with Gasteiger partial charge in [-0.2, -0.15) is 0 Å². The van der Waals surface area contributed by atoms with Gasteiger partial charge in [-0.05, 0) is 61.5 Å². The average Bonchev–Trinajstić information content (AvgIpc) is 3.18. The van der Waals surface area contributed by atoms with Crippen molar-refractivity contribution in [2.24, 2.45) is 11.8 Å². The number of hydrogen-bond donors (Lipinski definition) is 0. The van der Waals surface area contributed by atoms with Crippen LogP contribution >= 0.6 is 15.2 Å². The maximum absolute atomic E-state index is 12.4. The Balaban J connectivity index is 0.00000104. The molecule has 4 unspecified atom stereocenters. The van der Waals surface area contributed by atoms with E-state index < -0.39 is 15.2 Å². The summed E-state index contributed by atoms with van der Waals surface area (Å²) in [6.45, 7) is 13.6. The van der Waals surface area contributed by atoms with E-state index >= 15 is 0 Å². The smallest absolute Gasteiger partial charge is 0.775 e. The topological polar surface area (TPSA) is 98.7 Å². The molecule has 316 valence electrons. The molecule has 2 aromatic rings. The van der Waals surface area contributed by atoms with Gasteiger partial charge in [0.25, 0.3) is 0 Å². The van der Waals surface area contributed by atoms with Crippen molar-refractivity contribution in [2.45, 2.75) is 196 Å². The molecule has 0 saturated carbocycles. The number of hydrogen-bond acceptors (Lipinski definition) is 6. The molecule has 9 heteroatoms. The van der Waals surface area contributed by atoms with Crippen LogP contribution in [0.5, 0.6) is 0 Å². The Bertz CT molecular complexity index is 1160. The molecule has 2 rings (SSSR count). The van der Waals surface area contributed by atoms with E-state index in [9.17, 15) is 18.9 Å². The Morgan fingerprint density at radius 2 is 0.745 bits per heavy atom. The molecule has 0 N–H and O–H groups in total. The maximum atomic E-state index is 12.4. The minimum absolute atomic E-state index is 0. The summed E-state index contributed by atoms with van der Waals surface area (Å²) in [5.41, 5.74) is 2.42. The van der Waals surface area contributed by atoms with Gasteiger partial charge in [-0.25, -0.2) is 0 Å². The molecule has 0 aliphatic heterocycles. The first-order valence-corrected chi connectivity index (χ1v) is 25.2. The quantitative estimate of drug-likeness (QED) is 0.0537. The van der Waals surface area contributed by atoms with Crippen LogP contribution in [0.1, 0.15) is 194 Å². The van der Waals surface area contributed by atoms with Crippen molar-refractivity contribution in [3.05, 3.63) is 59.7 Å². The van der Waals surface area contributed by atoms with Crippen molar-refractivity contribution in [1.29, 1.82) is 0 Å². The van der Waals surface area contributed by atoms with Gasteiger partial charge < -0.3 is 28.0 Å². The number of rotatable bonds is 32. The fourth-order valence-electron chi connectivity index (χ4n) is 6.62. The average molecular weight is 843 g/mol. The van der Waals surface area contributed by atoms with Crippen molar-refractivity contribution >= 4 is 25.8 Å². The number of unbranched alkanes of at least 4 members (excludes halogenated alkanes) is 14. The van der Waals surface area contributed by atoms with E-state index in [2.05, 4.69) is 41.5 Å². The van der Waals surface area contributed by atoms with Crippen molar-refractivity contribution < 1.29 is 45.3 Å². The van der Waals surface area contributed by atoms with Crippen LogP contribution in [0.25, 0.3) is 0 Å². The van der Waals surface area contributed by atoms with E-state index in [0.717, 1.165) is 64.2 Å². The van der Waals surface area contributed by atoms with Crippen LogP contribution in [0, 0.1) is 11.8 Å². The zero-order valence-electron chi connectivity index (χ0n) is 35.9. The van der Waals surface area contributed by atoms with Crippen molar-refractivity contribution in [3.8, 4) is 0 Å². The fraction of sp³-hybridized carbons (Fsp3) is 0.739. The van der Waals surface area contributed by atoms with Gasteiger partial charge in [0.1, 0.15) is 0 Å². The third-order valence-electron chi connectivity index (χ3n) is 10.7. The molecule has 55 heavy (non-hydrogen) atoms. The van der Waals surface area contributed by atoms with E-state index in [1.54, 1.807) is 24.3 Å². The predicted octanol–water partition coefficient (Wildman–Crippen LogP) is 12.8. The maximum Gasteiger partial charge on any atom is 2.00 e. The fourth-order valence-corrected chi connectivity index (χ4v) is 8.76. The zero-order chi connectivity index (χ0) is 39.9. The third-order valence-corrected chi connectivity index (χ3v) is 13.5.